The number of hydrogen-bond acceptors (Lipinski definition) is 3. The van der Waals surface area contributed by atoms with Gasteiger partial charge in [-0.2, -0.15) is 0 Å². The monoisotopic (exact) mass is 349 g/mol. The summed E-state index contributed by atoms with van der Waals surface area (Å²) in [6, 6.07) is 13.7. The maximum absolute atomic E-state index is 6.08. The highest BCUT2D eigenvalue weighted by Crippen LogP contribution is 2.34. The topological polar surface area (TPSA) is 44.5 Å². The zero-order valence-corrected chi connectivity index (χ0v) is 13.9. The molecule has 3 nitrogen and oxygen atoms in total. The van der Waals surface area contributed by atoms with Crippen LogP contribution in [0.25, 0.3) is 0 Å². The number of para-hydroxylation sites is 2. The molecule has 2 N–H and O–H groups in total. The van der Waals surface area contributed by atoms with E-state index < -0.39 is 0 Å². The fourth-order valence-electron chi connectivity index (χ4n) is 2.06. The smallest absolute Gasteiger partial charge is 0.169 e. The predicted molar refractivity (Wildman–Crippen MR) is 89.2 cm³/mol. The van der Waals surface area contributed by atoms with Crippen LogP contribution in [-0.4, -0.2) is 13.2 Å². The van der Waals surface area contributed by atoms with Gasteiger partial charge >= 0.3 is 0 Å². The SMILES string of the molecule is CCC(N)Cc1cc(Br)ccc1Oc1ccccc1OC. The number of benzene rings is 2. The summed E-state index contributed by atoms with van der Waals surface area (Å²) < 4.78 is 12.4. The molecular formula is C17H20BrNO2. The second-order valence-corrected chi connectivity index (χ2v) is 5.79. The molecule has 4 heteroatoms. The van der Waals surface area contributed by atoms with Gasteiger partial charge in [0, 0.05) is 10.5 Å². The van der Waals surface area contributed by atoms with Gasteiger partial charge in [0.15, 0.2) is 11.5 Å². The number of hydrogen-bond donors (Lipinski definition) is 1. The molecule has 0 saturated carbocycles. The Bertz CT molecular complexity index is 601. The summed E-state index contributed by atoms with van der Waals surface area (Å²) in [5.74, 6) is 2.23. The van der Waals surface area contributed by atoms with Crippen LogP contribution < -0.4 is 15.2 Å². The van der Waals surface area contributed by atoms with E-state index in [2.05, 4.69) is 28.9 Å². The van der Waals surface area contributed by atoms with Crippen molar-refractivity contribution in [3.8, 4) is 17.2 Å². The predicted octanol–water partition coefficient (Wildman–Crippen LogP) is 4.53. The number of methoxy groups -OCH3 is 1. The molecule has 1 unspecified atom stereocenters. The molecule has 1 atom stereocenters. The first-order valence-electron chi connectivity index (χ1n) is 6.99. The van der Waals surface area contributed by atoms with Crippen molar-refractivity contribution in [2.75, 3.05) is 7.11 Å². The number of halogens is 1. The summed E-state index contributed by atoms with van der Waals surface area (Å²) in [4.78, 5) is 0. The van der Waals surface area contributed by atoms with E-state index in [-0.39, 0.29) is 6.04 Å². The van der Waals surface area contributed by atoms with E-state index in [0.717, 1.165) is 28.6 Å². The standard InChI is InChI=1S/C17H20BrNO2/c1-3-14(19)11-12-10-13(18)8-9-15(12)21-17-7-5-4-6-16(17)20-2/h4-10,14H,3,11,19H2,1-2H3. The van der Waals surface area contributed by atoms with Gasteiger partial charge in [-0.1, -0.05) is 35.0 Å². The van der Waals surface area contributed by atoms with Crippen molar-refractivity contribution in [2.24, 2.45) is 5.73 Å². The van der Waals surface area contributed by atoms with E-state index in [4.69, 9.17) is 15.2 Å². The lowest BCUT2D eigenvalue weighted by Crippen LogP contribution is -2.21. The van der Waals surface area contributed by atoms with Crippen molar-refractivity contribution < 1.29 is 9.47 Å². The molecule has 21 heavy (non-hydrogen) atoms. The quantitative estimate of drug-likeness (QED) is 0.833. The molecule has 2 rings (SSSR count). The molecule has 0 radical (unpaired) electrons. The summed E-state index contributed by atoms with van der Waals surface area (Å²) in [7, 11) is 1.64. The molecule has 2 aromatic carbocycles. The second kappa shape index (κ2) is 7.48. The van der Waals surface area contributed by atoms with Gasteiger partial charge in [0.25, 0.3) is 0 Å². The maximum Gasteiger partial charge on any atom is 0.169 e. The van der Waals surface area contributed by atoms with Crippen molar-refractivity contribution in [2.45, 2.75) is 25.8 Å². The largest absolute Gasteiger partial charge is 0.493 e. The summed E-state index contributed by atoms with van der Waals surface area (Å²) >= 11 is 3.50. The van der Waals surface area contributed by atoms with Crippen LogP contribution in [0.15, 0.2) is 46.9 Å². The Morgan fingerprint density at radius 2 is 1.81 bits per heavy atom. The molecule has 0 fully saturated rings. The third-order valence-corrected chi connectivity index (χ3v) is 3.81. The Morgan fingerprint density at radius 1 is 1.10 bits per heavy atom. The highest BCUT2D eigenvalue weighted by molar-refractivity contribution is 9.10. The molecular weight excluding hydrogens is 330 g/mol. The van der Waals surface area contributed by atoms with Crippen molar-refractivity contribution in [3.63, 3.8) is 0 Å². The molecule has 0 aliphatic heterocycles. The van der Waals surface area contributed by atoms with Gasteiger partial charge in [-0.3, -0.25) is 0 Å². The van der Waals surface area contributed by atoms with E-state index in [9.17, 15) is 0 Å². The molecule has 0 aliphatic carbocycles. The number of rotatable bonds is 6. The first kappa shape index (κ1) is 15.9. The van der Waals surface area contributed by atoms with Crippen LogP contribution in [0.4, 0.5) is 0 Å². The third-order valence-electron chi connectivity index (χ3n) is 3.32. The van der Waals surface area contributed by atoms with Gasteiger partial charge in [-0.25, -0.2) is 0 Å². The molecule has 0 heterocycles. The van der Waals surface area contributed by atoms with Crippen molar-refractivity contribution in [1.29, 1.82) is 0 Å². The van der Waals surface area contributed by atoms with E-state index in [1.165, 1.54) is 0 Å². The molecule has 2 aromatic rings. The minimum atomic E-state index is 0.124. The molecule has 0 aliphatic rings. The van der Waals surface area contributed by atoms with Crippen LogP contribution >= 0.6 is 15.9 Å². The molecule has 0 amide bonds. The Labute approximate surface area is 134 Å². The first-order valence-corrected chi connectivity index (χ1v) is 7.78. The van der Waals surface area contributed by atoms with Gasteiger partial charge < -0.3 is 15.2 Å². The fraction of sp³-hybridized carbons (Fsp3) is 0.294. The second-order valence-electron chi connectivity index (χ2n) is 4.88. The van der Waals surface area contributed by atoms with E-state index in [0.29, 0.717) is 11.5 Å². The lowest BCUT2D eigenvalue weighted by Gasteiger charge is -2.16. The van der Waals surface area contributed by atoms with Crippen LogP contribution in [0, 0.1) is 0 Å². The van der Waals surface area contributed by atoms with Gasteiger partial charge in [-0.15, -0.1) is 0 Å². The van der Waals surface area contributed by atoms with Crippen LogP contribution in [0.2, 0.25) is 0 Å². The molecule has 112 valence electrons. The molecule has 0 aromatic heterocycles. The third kappa shape index (κ3) is 4.22. The van der Waals surface area contributed by atoms with Gasteiger partial charge in [-0.05, 0) is 48.7 Å². The highest BCUT2D eigenvalue weighted by Gasteiger charge is 2.11. The average molecular weight is 350 g/mol. The Morgan fingerprint density at radius 3 is 2.48 bits per heavy atom. The Balaban J connectivity index is 2.30. The Hall–Kier alpha value is -1.52. The van der Waals surface area contributed by atoms with E-state index >= 15 is 0 Å². The summed E-state index contributed by atoms with van der Waals surface area (Å²) in [5, 5.41) is 0. The summed E-state index contributed by atoms with van der Waals surface area (Å²) in [6.45, 7) is 2.09. The number of ether oxygens (including phenoxy) is 2. The average Bonchev–Trinajstić information content (AvgIpc) is 2.50. The van der Waals surface area contributed by atoms with Crippen LogP contribution in [-0.2, 0) is 6.42 Å². The zero-order chi connectivity index (χ0) is 15.2. The Kier molecular flexibility index (Phi) is 5.65. The minimum absolute atomic E-state index is 0.124. The fourth-order valence-corrected chi connectivity index (χ4v) is 2.46. The van der Waals surface area contributed by atoms with Crippen LogP contribution in [0.3, 0.4) is 0 Å². The van der Waals surface area contributed by atoms with Crippen molar-refractivity contribution in [1.82, 2.24) is 0 Å². The van der Waals surface area contributed by atoms with Gasteiger partial charge in [0.05, 0.1) is 7.11 Å². The van der Waals surface area contributed by atoms with Crippen molar-refractivity contribution >= 4 is 15.9 Å². The lowest BCUT2D eigenvalue weighted by molar-refractivity contribution is 0.377. The van der Waals surface area contributed by atoms with E-state index in [1.807, 2.05) is 36.4 Å². The molecule has 0 bridgehead atoms. The van der Waals surface area contributed by atoms with Crippen LogP contribution in [0.5, 0.6) is 17.2 Å². The zero-order valence-electron chi connectivity index (χ0n) is 12.3. The minimum Gasteiger partial charge on any atom is -0.493 e. The molecule has 0 spiro atoms. The summed E-state index contributed by atoms with van der Waals surface area (Å²) in [6.07, 6.45) is 1.71. The van der Waals surface area contributed by atoms with E-state index in [1.54, 1.807) is 7.11 Å². The van der Waals surface area contributed by atoms with Crippen molar-refractivity contribution in [3.05, 3.63) is 52.5 Å². The van der Waals surface area contributed by atoms with Gasteiger partial charge in [0.1, 0.15) is 5.75 Å². The summed E-state index contributed by atoms with van der Waals surface area (Å²) in [5.41, 5.74) is 7.17. The molecule has 0 saturated heterocycles. The van der Waals surface area contributed by atoms with Crippen LogP contribution in [0.1, 0.15) is 18.9 Å². The first-order chi connectivity index (χ1) is 10.1. The highest BCUT2D eigenvalue weighted by atomic mass is 79.9. The lowest BCUT2D eigenvalue weighted by atomic mass is 10.0. The maximum atomic E-state index is 6.08. The van der Waals surface area contributed by atoms with Gasteiger partial charge in [0.2, 0.25) is 0 Å². The number of nitrogens with two attached hydrogens (primary N) is 1. The normalized spacial score (nSPS) is 12.0.